The summed E-state index contributed by atoms with van der Waals surface area (Å²) in [4.78, 5) is 0. The van der Waals surface area contributed by atoms with Crippen molar-refractivity contribution >= 4 is 11.4 Å². The van der Waals surface area contributed by atoms with Crippen LogP contribution in [0.25, 0.3) is 0 Å². The van der Waals surface area contributed by atoms with E-state index in [4.69, 9.17) is 11.1 Å². The molecule has 0 unspecified atom stereocenters. The first-order valence-electron chi connectivity index (χ1n) is 4.26. The van der Waals surface area contributed by atoms with Crippen LogP contribution in [0.2, 0.25) is 0 Å². The van der Waals surface area contributed by atoms with Crippen LogP contribution in [0.5, 0.6) is 0 Å². The lowest BCUT2D eigenvalue weighted by molar-refractivity contribution is -0.137. The SMILES string of the molecule is CC(=N)c1c(C)cc(C(F)(F)F)cc1N. The Morgan fingerprint density at radius 3 is 2.20 bits per heavy atom. The monoisotopic (exact) mass is 216 g/mol. The van der Waals surface area contributed by atoms with Crippen LogP contribution >= 0.6 is 0 Å². The smallest absolute Gasteiger partial charge is 0.398 e. The number of alkyl halides is 3. The van der Waals surface area contributed by atoms with Crippen molar-refractivity contribution < 1.29 is 13.2 Å². The highest BCUT2D eigenvalue weighted by molar-refractivity contribution is 6.02. The van der Waals surface area contributed by atoms with E-state index in [2.05, 4.69) is 0 Å². The summed E-state index contributed by atoms with van der Waals surface area (Å²) in [5.41, 5.74) is 5.61. The molecule has 2 nitrogen and oxygen atoms in total. The molecule has 5 heteroatoms. The quantitative estimate of drug-likeness (QED) is 0.550. The summed E-state index contributed by atoms with van der Waals surface area (Å²) in [6.07, 6.45) is -4.40. The van der Waals surface area contributed by atoms with Crippen LogP contribution in [0, 0.1) is 12.3 Å². The Morgan fingerprint density at radius 2 is 1.87 bits per heavy atom. The highest BCUT2D eigenvalue weighted by Crippen LogP contribution is 2.33. The average Bonchev–Trinajstić information content (AvgIpc) is 1.99. The molecule has 0 aliphatic heterocycles. The van der Waals surface area contributed by atoms with Crippen molar-refractivity contribution in [2.75, 3.05) is 5.73 Å². The van der Waals surface area contributed by atoms with Gasteiger partial charge < -0.3 is 11.1 Å². The molecule has 0 aliphatic carbocycles. The minimum absolute atomic E-state index is 0.00479. The lowest BCUT2D eigenvalue weighted by atomic mass is 9.99. The van der Waals surface area contributed by atoms with Gasteiger partial charge in [-0.3, -0.25) is 0 Å². The standard InChI is InChI=1S/C10H11F3N2/c1-5-3-7(10(11,12)13)4-8(15)9(5)6(2)14/h3-4,14H,15H2,1-2H3. The molecule has 0 amide bonds. The second-order valence-electron chi connectivity index (χ2n) is 3.38. The zero-order valence-electron chi connectivity index (χ0n) is 8.37. The van der Waals surface area contributed by atoms with Crippen LogP contribution < -0.4 is 5.73 Å². The Kier molecular flexibility index (Phi) is 2.75. The van der Waals surface area contributed by atoms with Gasteiger partial charge in [-0.15, -0.1) is 0 Å². The summed E-state index contributed by atoms with van der Waals surface area (Å²) in [6.45, 7) is 3.00. The van der Waals surface area contributed by atoms with E-state index in [1.54, 1.807) is 0 Å². The predicted molar refractivity (Wildman–Crippen MR) is 53.1 cm³/mol. The van der Waals surface area contributed by atoms with Crippen LogP contribution in [0.3, 0.4) is 0 Å². The van der Waals surface area contributed by atoms with Gasteiger partial charge in [0.05, 0.1) is 5.56 Å². The Balaban J connectivity index is 3.39. The first kappa shape index (κ1) is 11.6. The van der Waals surface area contributed by atoms with Gasteiger partial charge in [-0.1, -0.05) is 0 Å². The summed E-state index contributed by atoms with van der Waals surface area (Å²) >= 11 is 0. The summed E-state index contributed by atoms with van der Waals surface area (Å²) in [7, 11) is 0. The Labute approximate surface area is 85.4 Å². The molecule has 1 aromatic rings. The van der Waals surface area contributed by atoms with Crippen molar-refractivity contribution in [2.24, 2.45) is 0 Å². The van der Waals surface area contributed by atoms with Gasteiger partial charge in [0.2, 0.25) is 0 Å². The molecule has 1 rings (SSSR count). The lowest BCUT2D eigenvalue weighted by Crippen LogP contribution is -2.10. The van der Waals surface area contributed by atoms with Crippen LogP contribution in [0.1, 0.15) is 23.6 Å². The van der Waals surface area contributed by atoms with Crippen molar-refractivity contribution in [1.29, 1.82) is 5.41 Å². The number of aryl methyl sites for hydroxylation is 1. The minimum atomic E-state index is -4.40. The number of benzene rings is 1. The maximum Gasteiger partial charge on any atom is 0.416 e. The van der Waals surface area contributed by atoms with E-state index in [1.807, 2.05) is 0 Å². The fraction of sp³-hybridized carbons (Fsp3) is 0.300. The van der Waals surface area contributed by atoms with Crippen molar-refractivity contribution in [3.05, 3.63) is 28.8 Å². The molecule has 0 fully saturated rings. The maximum absolute atomic E-state index is 12.4. The van der Waals surface area contributed by atoms with Gasteiger partial charge in [0.25, 0.3) is 0 Å². The zero-order chi connectivity index (χ0) is 11.8. The summed E-state index contributed by atoms with van der Waals surface area (Å²) in [5.74, 6) is 0. The fourth-order valence-electron chi connectivity index (χ4n) is 1.49. The Hall–Kier alpha value is -1.52. The zero-order valence-corrected chi connectivity index (χ0v) is 8.37. The number of nitrogens with one attached hydrogen (secondary N) is 1. The Bertz CT molecular complexity index is 385. The third kappa shape index (κ3) is 2.29. The van der Waals surface area contributed by atoms with E-state index in [-0.39, 0.29) is 11.4 Å². The van der Waals surface area contributed by atoms with E-state index in [9.17, 15) is 13.2 Å². The molecule has 0 saturated carbocycles. The Morgan fingerprint density at radius 1 is 1.33 bits per heavy atom. The molecule has 0 aromatic heterocycles. The summed E-state index contributed by atoms with van der Waals surface area (Å²) < 4.78 is 37.1. The number of hydrogen-bond acceptors (Lipinski definition) is 2. The van der Waals surface area contributed by atoms with Crippen LogP contribution in [-0.4, -0.2) is 5.71 Å². The number of rotatable bonds is 1. The van der Waals surface area contributed by atoms with Crippen LogP contribution in [0.15, 0.2) is 12.1 Å². The summed E-state index contributed by atoms with van der Waals surface area (Å²) in [5, 5.41) is 7.38. The number of halogens is 3. The van der Waals surface area contributed by atoms with Crippen molar-refractivity contribution in [1.82, 2.24) is 0 Å². The fourth-order valence-corrected chi connectivity index (χ4v) is 1.49. The molecule has 3 N–H and O–H groups in total. The molecule has 0 bridgehead atoms. The van der Waals surface area contributed by atoms with Gasteiger partial charge in [0.1, 0.15) is 0 Å². The van der Waals surface area contributed by atoms with Gasteiger partial charge in [-0.05, 0) is 31.5 Å². The van der Waals surface area contributed by atoms with Crippen molar-refractivity contribution in [3.63, 3.8) is 0 Å². The average molecular weight is 216 g/mol. The normalized spacial score (nSPS) is 11.5. The summed E-state index contributed by atoms with van der Waals surface area (Å²) in [6, 6.07) is 1.87. The molecular formula is C10H11F3N2. The van der Waals surface area contributed by atoms with E-state index in [0.717, 1.165) is 12.1 Å². The second-order valence-corrected chi connectivity index (χ2v) is 3.38. The third-order valence-corrected chi connectivity index (χ3v) is 2.07. The van der Waals surface area contributed by atoms with Gasteiger partial charge in [0.15, 0.2) is 0 Å². The molecule has 0 aliphatic rings. The minimum Gasteiger partial charge on any atom is -0.398 e. The van der Waals surface area contributed by atoms with Crippen molar-refractivity contribution in [2.45, 2.75) is 20.0 Å². The molecular weight excluding hydrogens is 205 g/mol. The van der Waals surface area contributed by atoms with E-state index in [1.165, 1.54) is 13.8 Å². The molecule has 15 heavy (non-hydrogen) atoms. The number of anilines is 1. The van der Waals surface area contributed by atoms with Gasteiger partial charge in [-0.25, -0.2) is 0 Å². The predicted octanol–water partition coefficient (Wildman–Crippen LogP) is 2.98. The topological polar surface area (TPSA) is 49.9 Å². The van der Waals surface area contributed by atoms with Gasteiger partial charge in [-0.2, -0.15) is 13.2 Å². The van der Waals surface area contributed by atoms with E-state index in [0.29, 0.717) is 11.1 Å². The molecule has 0 heterocycles. The molecule has 82 valence electrons. The third-order valence-electron chi connectivity index (χ3n) is 2.07. The molecule has 0 atom stereocenters. The highest BCUT2D eigenvalue weighted by Gasteiger charge is 2.31. The van der Waals surface area contributed by atoms with Crippen molar-refractivity contribution in [3.8, 4) is 0 Å². The van der Waals surface area contributed by atoms with Gasteiger partial charge >= 0.3 is 6.18 Å². The molecule has 0 radical (unpaired) electrons. The molecule has 1 aromatic carbocycles. The van der Waals surface area contributed by atoms with Crippen LogP contribution in [0.4, 0.5) is 18.9 Å². The number of nitrogen functional groups attached to an aromatic ring is 1. The number of nitrogens with two attached hydrogens (primary N) is 1. The number of hydrogen-bond donors (Lipinski definition) is 2. The van der Waals surface area contributed by atoms with Gasteiger partial charge in [0, 0.05) is 17.0 Å². The second kappa shape index (κ2) is 3.56. The first-order chi connectivity index (χ1) is 6.73. The first-order valence-corrected chi connectivity index (χ1v) is 4.26. The van der Waals surface area contributed by atoms with E-state index < -0.39 is 11.7 Å². The maximum atomic E-state index is 12.4. The molecule has 0 spiro atoms. The van der Waals surface area contributed by atoms with E-state index >= 15 is 0 Å². The van der Waals surface area contributed by atoms with Crippen LogP contribution in [-0.2, 0) is 6.18 Å². The lowest BCUT2D eigenvalue weighted by Gasteiger charge is -2.13. The largest absolute Gasteiger partial charge is 0.416 e. The highest BCUT2D eigenvalue weighted by atomic mass is 19.4. The molecule has 0 saturated heterocycles.